The molecule has 3 heterocycles. The van der Waals surface area contributed by atoms with Gasteiger partial charge < -0.3 is 9.47 Å². The summed E-state index contributed by atoms with van der Waals surface area (Å²) in [5.41, 5.74) is 1.87. The molecule has 3 amide bonds. The Morgan fingerprint density at radius 1 is 1.00 bits per heavy atom. The summed E-state index contributed by atoms with van der Waals surface area (Å²) in [6.07, 6.45) is 0. The summed E-state index contributed by atoms with van der Waals surface area (Å²) in [5.74, 6) is -0.621. The Kier molecular flexibility index (Phi) is 4.56. The smallest absolute Gasteiger partial charge is 0.261 e. The van der Waals surface area contributed by atoms with Crippen LogP contribution >= 0.6 is 11.3 Å². The minimum Gasteiger partial charge on any atom is -0.454 e. The van der Waals surface area contributed by atoms with E-state index in [-0.39, 0.29) is 35.8 Å². The molecular formula is C24H14FN3O5S. The molecule has 0 saturated heterocycles. The Bertz CT molecular complexity index is 1530. The highest BCUT2D eigenvalue weighted by Gasteiger charge is 2.36. The maximum Gasteiger partial charge on any atom is 0.261 e. The summed E-state index contributed by atoms with van der Waals surface area (Å²) in [6.45, 7) is 0.192. The number of fused-ring (bicyclic) bond motifs is 3. The van der Waals surface area contributed by atoms with Crippen LogP contribution in [0.15, 0.2) is 54.6 Å². The molecule has 2 aliphatic heterocycles. The lowest BCUT2D eigenvalue weighted by Gasteiger charge is -2.14. The van der Waals surface area contributed by atoms with Crippen molar-refractivity contribution in [1.29, 1.82) is 0 Å². The van der Waals surface area contributed by atoms with E-state index in [9.17, 15) is 18.8 Å². The molecule has 0 atom stereocenters. The summed E-state index contributed by atoms with van der Waals surface area (Å²) in [7, 11) is 0. The molecule has 168 valence electrons. The average molecular weight is 475 g/mol. The molecule has 6 rings (SSSR count). The second-order valence-electron chi connectivity index (χ2n) is 7.73. The highest BCUT2D eigenvalue weighted by molar-refractivity contribution is 7.22. The summed E-state index contributed by atoms with van der Waals surface area (Å²) in [6, 6.07) is 13.8. The molecule has 0 spiro atoms. The van der Waals surface area contributed by atoms with E-state index in [2.05, 4.69) is 10.3 Å². The van der Waals surface area contributed by atoms with E-state index in [4.69, 9.17) is 9.47 Å². The first kappa shape index (κ1) is 20.3. The Morgan fingerprint density at radius 2 is 1.82 bits per heavy atom. The number of thiazole rings is 1. The van der Waals surface area contributed by atoms with Gasteiger partial charge in [0, 0.05) is 5.56 Å². The fourth-order valence-corrected chi connectivity index (χ4v) is 4.80. The Hall–Kier alpha value is -4.31. The number of benzene rings is 3. The van der Waals surface area contributed by atoms with Crippen LogP contribution in [0.25, 0.3) is 10.2 Å². The fraction of sp³-hybridized carbons (Fsp3) is 0.0833. The SMILES string of the molecule is O=C(Nc1nc2ccc(F)cc2s1)c1ccc2c(c1)C(=O)N(Cc1ccc3c(c1)OCO3)C2=O. The molecular weight excluding hydrogens is 461 g/mol. The Labute approximate surface area is 195 Å². The van der Waals surface area contributed by atoms with Crippen LogP contribution in [0.4, 0.5) is 9.52 Å². The molecule has 0 aliphatic carbocycles. The van der Waals surface area contributed by atoms with E-state index in [1.54, 1.807) is 18.2 Å². The third-order valence-corrected chi connectivity index (χ3v) is 6.52. The number of hydrogen-bond donors (Lipinski definition) is 1. The highest BCUT2D eigenvalue weighted by atomic mass is 32.1. The van der Waals surface area contributed by atoms with E-state index < -0.39 is 17.7 Å². The van der Waals surface area contributed by atoms with Crippen LogP contribution in [0.2, 0.25) is 0 Å². The van der Waals surface area contributed by atoms with Crippen molar-refractivity contribution >= 4 is 44.4 Å². The zero-order chi connectivity index (χ0) is 23.4. The van der Waals surface area contributed by atoms with Crippen molar-refractivity contribution in [2.75, 3.05) is 12.1 Å². The van der Waals surface area contributed by atoms with Crippen LogP contribution in [0.1, 0.15) is 36.6 Å². The number of carbonyl (C=O) groups is 3. The van der Waals surface area contributed by atoms with Crippen molar-refractivity contribution in [3.63, 3.8) is 0 Å². The number of carbonyl (C=O) groups excluding carboxylic acids is 3. The number of halogens is 1. The van der Waals surface area contributed by atoms with Crippen molar-refractivity contribution in [3.8, 4) is 11.5 Å². The molecule has 0 bridgehead atoms. The number of rotatable bonds is 4. The quantitative estimate of drug-likeness (QED) is 0.444. The lowest BCUT2D eigenvalue weighted by atomic mass is 10.1. The van der Waals surface area contributed by atoms with Gasteiger partial charge in [-0.2, -0.15) is 0 Å². The van der Waals surface area contributed by atoms with Crippen LogP contribution in [0.3, 0.4) is 0 Å². The monoisotopic (exact) mass is 475 g/mol. The number of aromatic nitrogens is 1. The van der Waals surface area contributed by atoms with Crippen LogP contribution in [-0.2, 0) is 6.54 Å². The van der Waals surface area contributed by atoms with Gasteiger partial charge in [0.15, 0.2) is 16.6 Å². The van der Waals surface area contributed by atoms with Gasteiger partial charge in [-0.25, -0.2) is 9.37 Å². The summed E-state index contributed by atoms with van der Waals surface area (Å²) < 4.78 is 24.7. The van der Waals surface area contributed by atoms with Crippen LogP contribution in [-0.4, -0.2) is 34.4 Å². The molecule has 0 saturated carbocycles. The largest absolute Gasteiger partial charge is 0.454 e. The first-order valence-electron chi connectivity index (χ1n) is 10.2. The molecule has 10 heteroatoms. The van der Waals surface area contributed by atoms with Crippen molar-refractivity contribution < 1.29 is 28.2 Å². The molecule has 0 fully saturated rings. The second-order valence-corrected chi connectivity index (χ2v) is 8.76. The zero-order valence-corrected chi connectivity index (χ0v) is 18.1. The number of nitrogens with one attached hydrogen (secondary N) is 1. The number of anilines is 1. The third-order valence-electron chi connectivity index (χ3n) is 5.58. The Balaban J connectivity index is 1.22. The standard InChI is InChI=1S/C24H14FN3O5S/c25-14-3-5-17-20(9-14)34-24(26-17)27-21(29)13-2-4-15-16(8-13)23(31)28(22(15)30)10-12-1-6-18-19(7-12)33-11-32-18/h1-9H,10-11H2,(H,26,27,29). The van der Waals surface area contributed by atoms with Crippen molar-refractivity contribution in [3.05, 3.63) is 82.7 Å². The maximum atomic E-state index is 13.4. The normalized spacial score (nSPS) is 14.1. The van der Waals surface area contributed by atoms with Crippen LogP contribution in [0, 0.1) is 5.82 Å². The lowest BCUT2D eigenvalue weighted by molar-refractivity contribution is 0.0642. The number of ether oxygens (including phenoxy) is 2. The van der Waals surface area contributed by atoms with E-state index in [0.29, 0.717) is 32.4 Å². The molecule has 1 aromatic heterocycles. The molecule has 1 N–H and O–H groups in total. The van der Waals surface area contributed by atoms with E-state index in [0.717, 1.165) is 16.2 Å². The predicted molar refractivity (Wildman–Crippen MR) is 121 cm³/mol. The van der Waals surface area contributed by atoms with E-state index in [1.807, 2.05) is 0 Å². The van der Waals surface area contributed by atoms with Gasteiger partial charge in [-0.1, -0.05) is 17.4 Å². The van der Waals surface area contributed by atoms with Crippen molar-refractivity contribution in [2.24, 2.45) is 0 Å². The Morgan fingerprint density at radius 3 is 2.71 bits per heavy atom. The fourth-order valence-electron chi connectivity index (χ4n) is 3.92. The minimum absolute atomic E-state index is 0.0623. The average Bonchev–Trinajstić information content (AvgIpc) is 3.51. The first-order valence-corrected chi connectivity index (χ1v) is 11.0. The van der Waals surface area contributed by atoms with Crippen molar-refractivity contribution in [2.45, 2.75) is 6.54 Å². The zero-order valence-electron chi connectivity index (χ0n) is 17.3. The highest BCUT2D eigenvalue weighted by Crippen LogP contribution is 2.34. The van der Waals surface area contributed by atoms with Gasteiger partial charge in [0.25, 0.3) is 17.7 Å². The molecule has 0 unspecified atom stereocenters. The number of amides is 3. The third kappa shape index (κ3) is 3.35. The molecule has 34 heavy (non-hydrogen) atoms. The van der Waals surface area contributed by atoms with Gasteiger partial charge in [-0.15, -0.1) is 0 Å². The number of nitrogens with zero attached hydrogens (tertiary/aromatic N) is 2. The molecule has 4 aromatic rings. The van der Waals surface area contributed by atoms with Gasteiger partial charge in [-0.3, -0.25) is 24.6 Å². The lowest BCUT2D eigenvalue weighted by Crippen LogP contribution is -2.29. The van der Waals surface area contributed by atoms with E-state index >= 15 is 0 Å². The van der Waals surface area contributed by atoms with Gasteiger partial charge >= 0.3 is 0 Å². The number of imide groups is 1. The van der Waals surface area contributed by atoms with Crippen molar-refractivity contribution in [1.82, 2.24) is 9.88 Å². The minimum atomic E-state index is -0.489. The van der Waals surface area contributed by atoms with Gasteiger partial charge in [-0.05, 0) is 54.1 Å². The van der Waals surface area contributed by atoms with Crippen LogP contribution < -0.4 is 14.8 Å². The summed E-state index contributed by atoms with van der Waals surface area (Å²) >= 11 is 1.14. The first-order chi connectivity index (χ1) is 16.5. The second kappa shape index (κ2) is 7.63. The molecule has 0 radical (unpaired) electrons. The van der Waals surface area contributed by atoms with E-state index in [1.165, 1.54) is 36.4 Å². The summed E-state index contributed by atoms with van der Waals surface area (Å²) in [5, 5.41) is 2.97. The number of hydrogen-bond acceptors (Lipinski definition) is 7. The van der Waals surface area contributed by atoms with Gasteiger partial charge in [0.2, 0.25) is 6.79 Å². The van der Waals surface area contributed by atoms with Crippen LogP contribution in [0.5, 0.6) is 11.5 Å². The predicted octanol–water partition coefficient (Wildman–Crippen LogP) is 4.21. The van der Waals surface area contributed by atoms with Gasteiger partial charge in [0.1, 0.15) is 5.82 Å². The molecule has 2 aliphatic rings. The van der Waals surface area contributed by atoms with Gasteiger partial charge in [0.05, 0.1) is 27.9 Å². The topological polar surface area (TPSA) is 97.8 Å². The maximum absolute atomic E-state index is 13.4. The summed E-state index contributed by atoms with van der Waals surface area (Å²) in [4.78, 5) is 44.0. The molecule has 3 aromatic carbocycles. The molecule has 8 nitrogen and oxygen atoms in total.